The van der Waals surface area contributed by atoms with Gasteiger partial charge in [-0.15, -0.1) is 0 Å². The Kier molecular flexibility index (Phi) is 8.32. The standard InChI is InChI=1S/C27H29O.Al.2H/c1-3-5-9-22-26(4-2)28-27(23-16-10-6-11-17-23,24-18-12-7-13-19-24)25-20-14-8-15-21-25;;;/h2,4,6-8,10-21,26H,3,5,9,22H2,1H3;;;. The van der Waals surface area contributed by atoms with Crippen molar-refractivity contribution in [3.63, 3.8) is 0 Å². The zero-order valence-corrected chi connectivity index (χ0v) is 19.6. The third-order valence-corrected chi connectivity index (χ3v) is 5.75. The molecule has 0 N–H and O–H groups in total. The second-order valence-corrected chi connectivity index (χ2v) is 8.12. The van der Waals surface area contributed by atoms with Gasteiger partial charge in [0, 0.05) is 0 Å². The molecule has 0 radical (unpaired) electrons. The molecular formula is C27H31AlO. The zero-order valence-electron chi connectivity index (χ0n) is 17.6. The van der Waals surface area contributed by atoms with Crippen molar-refractivity contribution >= 4 is 16.3 Å². The van der Waals surface area contributed by atoms with Gasteiger partial charge in [0.15, 0.2) is 0 Å². The van der Waals surface area contributed by atoms with E-state index < -0.39 is 5.60 Å². The SMILES string of the molecule is CCCCCC(/C=[CH]/[AlH2])OC(c1ccccc1)(c1ccccc1)c1ccccc1. The van der Waals surface area contributed by atoms with E-state index >= 15 is 0 Å². The highest BCUT2D eigenvalue weighted by Crippen LogP contribution is 2.42. The van der Waals surface area contributed by atoms with Gasteiger partial charge in [-0.25, -0.2) is 0 Å². The first-order valence-corrected chi connectivity index (χ1v) is 11.9. The number of unbranched alkanes of at least 4 members (excludes halogenated alkanes) is 2. The minimum Gasteiger partial charge on any atom is -0.354 e. The third kappa shape index (κ3) is 5.28. The molecule has 0 bridgehead atoms. The van der Waals surface area contributed by atoms with Crippen molar-refractivity contribution in [2.75, 3.05) is 0 Å². The van der Waals surface area contributed by atoms with Crippen LogP contribution in [0.3, 0.4) is 0 Å². The number of rotatable bonds is 10. The van der Waals surface area contributed by atoms with Crippen molar-refractivity contribution in [3.05, 3.63) is 119 Å². The molecule has 2 heteroatoms. The van der Waals surface area contributed by atoms with Crippen LogP contribution in [0.5, 0.6) is 0 Å². The molecule has 0 spiro atoms. The Balaban J connectivity index is 2.16. The van der Waals surface area contributed by atoms with Crippen molar-refractivity contribution in [3.8, 4) is 0 Å². The first kappa shape index (κ1) is 21.6. The molecule has 0 saturated heterocycles. The molecule has 29 heavy (non-hydrogen) atoms. The minimum atomic E-state index is -0.637. The van der Waals surface area contributed by atoms with Crippen LogP contribution in [0.1, 0.15) is 49.3 Å². The molecule has 0 amide bonds. The van der Waals surface area contributed by atoms with E-state index in [9.17, 15) is 0 Å². The fourth-order valence-electron chi connectivity index (χ4n) is 3.95. The zero-order chi connectivity index (χ0) is 20.4. The molecule has 0 aliphatic carbocycles. The lowest BCUT2D eigenvalue weighted by molar-refractivity contribution is -0.0285. The van der Waals surface area contributed by atoms with Crippen LogP contribution in [0.25, 0.3) is 0 Å². The van der Waals surface area contributed by atoms with Crippen molar-refractivity contribution in [1.82, 2.24) is 0 Å². The second kappa shape index (κ2) is 11.2. The topological polar surface area (TPSA) is 9.23 Å². The molecule has 3 rings (SSSR count). The Bertz CT molecular complexity index is 762. The molecule has 1 unspecified atom stereocenters. The van der Waals surface area contributed by atoms with Crippen LogP contribution < -0.4 is 0 Å². The first-order chi connectivity index (χ1) is 14.3. The van der Waals surface area contributed by atoms with Gasteiger partial charge in [-0.1, -0.05) is 123 Å². The predicted octanol–water partition coefficient (Wildman–Crippen LogP) is 6.09. The van der Waals surface area contributed by atoms with Crippen LogP contribution in [0.15, 0.2) is 102 Å². The van der Waals surface area contributed by atoms with Crippen LogP contribution in [0.4, 0.5) is 0 Å². The van der Waals surface area contributed by atoms with Crippen LogP contribution >= 0.6 is 0 Å². The molecule has 0 aliphatic heterocycles. The van der Waals surface area contributed by atoms with Crippen molar-refractivity contribution in [1.29, 1.82) is 0 Å². The summed E-state index contributed by atoms with van der Waals surface area (Å²) in [7, 11) is 0. The van der Waals surface area contributed by atoms with Crippen LogP contribution in [-0.4, -0.2) is 22.4 Å². The fraction of sp³-hybridized carbons (Fsp3) is 0.259. The summed E-state index contributed by atoms with van der Waals surface area (Å²) in [6.45, 7) is 2.25. The first-order valence-electron chi connectivity index (χ1n) is 10.8. The Hall–Kier alpha value is -2.11. The maximum atomic E-state index is 7.12. The van der Waals surface area contributed by atoms with Gasteiger partial charge < -0.3 is 4.74 Å². The highest BCUT2D eigenvalue weighted by Gasteiger charge is 2.39. The summed E-state index contributed by atoms with van der Waals surface area (Å²) < 4.78 is 7.12. The molecule has 3 aromatic carbocycles. The Morgan fingerprint density at radius 2 is 1.21 bits per heavy atom. The number of hydrogen-bond donors (Lipinski definition) is 0. The molecule has 0 saturated carbocycles. The highest BCUT2D eigenvalue weighted by molar-refractivity contribution is 6.17. The molecule has 0 fully saturated rings. The van der Waals surface area contributed by atoms with Gasteiger partial charge in [-0.05, 0) is 23.1 Å². The van der Waals surface area contributed by atoms with Crippen molar-refractivity contribution < 1.29 is 4.74 Å². The van der Waals surface area contributed by atoms with Gasteiger partial charge in [-0.3, -0.25) is 0 Å². The van der Waals surface area contributed by atoms with Gasteiger partial charge in [0.05, 0.1) is 6.10 Å². The Labute approximate surface area is 183 Å². The summed E-state index contributed by atoms with van der Waals surface area (Å²) in [6, 6.07) is 32.0. The smallest absolute Gasteiger partial charge is 0.246 e. The molecule has 0 aliphatic rings. The number of hydrogen-bond acceptors (Lipinski definition) is 1. The van der Waals surface area contributed by atoms with E-state index in [0.717, 1.165) is 22.7 Å². The minimum absolute atomic E-state index is 0.0830. The largest absolute Gasteiger partial charge is 0.354 e. The second-order valence-electron chi connectivity index (χ2n) is 7.46. The lowest BCUT2D eigenvalue weighted by atomic mass is 9.79. The summed E-state index contributed by atoms with van der Waals surface area (Å²) in [4.78, 5) is 2.25. The van der Waals surface area contributed by atoms with E-state index in [0.29, 0.717) is 0 Å². The lowest BCUT2D eigenvalue weighted by Crippen LogP contribution is -2.36. The maximum absolute atomic E-state index is 7.12. The summed E-state index contributed by atoms with van der Waals surface area (Å²) in [5.41, 5.74) is 2.86. The van der Waals surface area contributed by atoms with E-state index in [1.807, 2.05) is 0 Å². The van der Waals surface area contributed by atoms with Crippen LogP contribution in [0.2, 0.25) is 0 Å². The number of benzene rings is 3. The van der Waals surface area contributed by atoms with Gasteiger partial charge >= 0.3 is 0 Å². The van der Waals surface area contributed by atoms with Gasteiger partial charge in [0.25, 0.3) is 0 Å². The quantitative estimate of drug-likeness (QED) is 0.228. The summed E-state index contributed by atoms with van der Waals surface area (Å²) in [5.74, 6) is 0. The predicted molar refractivity (Wildman–Crippen MR) is 126 cm³/mol. The normalized spacial score (nSPS) is 12.9. The number of ether oxygens (including phenoxy) is 1. The summed E-state index contributed by atoms with van der Waals surface area (Å²) >= 11 is 1.04. The molecule has 148 valence electrons. The van der Waals surface area contributed by atoms with Gasteiger partial charge in [-0.2, -0.15) is 4.94 Å². The van der Waals surface area contributed by atoms with Crippen LogP contribution in [-0.2, 0) is 10.3 Å². The fourth-order valence-corrected chi connectivity index (χ4v) is 4.38. The van der Waals surface area contributed by atoms with Crippen LogP contribution in [0, 0.1) is 0 Å². The van der Waals surface area contributed by atoms with E-state index in [2.05, 4.69) is 109 Å². The van der Waals surface area contributed by atoms with Crippen molar-refractivity contribution in [2.45, 2.75) is 44.3 Å². The Morgan fingerprint density at radius 3 is 1.59 bits per heavy atom. The lowest BCUT2D eigenvalue weighted by Gasteiger charge is -2.38. The molecule has 0 heterocycles. The van der Waals surface area contributed by atoms with E-state index in [4.69, 9.17) is 4.74 Å². The molecule has 0 aromatic heterocycles. The molecular weight excluding hydrogens is 367 g/mol. The highest BCUT2D eigenvalue weighted by atomic mass is 27.0. The van der Waals surface area contributed by atoms with Crippen molar-refractivity contribution in [2.24, 2.45) is 0 Å². The third-order valence-electron chi connectivity index (χ3n) is 5.37. The Morgan fingerprint density at radius 1 is 0.759 bits per heavy atom. The van der Waals surface area contributed by atoms with E-state index in [-0.39, 0.29) is 6.10 Å². The summed E-state index contributed by atoms with van der Waals surface area (Å²) in [6.07, 6.45) is 7.04. The van der Waals surface area contributed by atoms with Gasteiger partial charge in [0.2, 0.25) is 16.3 Å². The average Bonchev–Trinajstić information content (AvgIpc) is 2.79. The summed E-state index contributed by atoms with van der Waals surface area (Å²) in [5, 5.41) is 0. The molecule has 1 atom stereocenters. The molecule has 3 aromatic rings. The maximum Gasteiger partial charge on any atom is 0.246 e. The monoisotopic (exact) mass is 398 g/mol. The molecule has 1 nitrogen and oxygen atoms in total. The average molecular weight is 399 g/mol. The van der Waals surface area contributed by atoms with E-state index in [1.54, 1.807) is 0 Å². The van der Waals surface area contributed by atoms with Gasteiger partial charge in [0.1, 0.15) is 5.60 Å². The van der Waals surface area contributed by atoms with E-state index in [1.165, 1.54) is 36.0 Å².